The van der Waals surface area contributed by atoms with Gasteiger partial charge in [-0.2, -0.15) is 13.2 Å². The highest BCUT2D eigenvalue weighted by Gasteiger charge is 2.30. The van der Waals surface area contributed by atoms with Crippen LogP contribution in [0, 0.1) is 10.1 Å². The Balaban J connectivity index is 1.71. The van der Waals surface area contributed by atoms with Crippen LogP contribution in [-0.4, -0.2) is 26.8 Å². The topological polar surface area (TPSA) is 156 Å². The smallest absolute Gasteiger partial charge is 0.364 e. The lowest BCUT2D eigenvalue weighted by atomic mass is 10.1. The van der Waals surface area contributed by atoms with Crippen LogP contribution in [0.3, 0.4) is 0 Å². The van der Waals surface area contributed by atoms with Crippen LogP contribution in [0.5, 0.6) is 0 Å². The Hall–Kier alpha value is -4.42. The number of hydrogen-bond acceptors (Lipinski definition) is 5. The number of nitro groups is 1. The highest BCUT2D eigenvalue weighted by atomic mass is 19.4. The summed E-state index contributed by atoms with van der Waals surface area (Å²) in [7, 11) is 0. The van der Waals surface area contributed by atoms with Crippen LogP contribution in [0.25, 0.3) is 0 Å². The number of carbonyl (C=O) groups excluding carboxylic acids is 2. The summed E-state index contributed by atoms with van der Waals surface area (Å²) in [6.07, 6.45) is -4.35. The largest absolute Gasteiger partial charge is 0.416 e. The molecule has 13 heteroatoms. The number of rotatable bonds is 6. The molecule has 0 aliphatic rings. The molecule has 0 saturated heterocycles. The second kappa shape index (κ2) is 8.75. The summed E-state index contributed by atoms with van der Waals surface area (Å²) in [5.74, 6) is -0.839. The molecule has 5 N–H and O–H groups in total. The van der Waals surface area contributed by atoms with Gasteiger partial charge in [0.05, 0.1) is 10.5 Å². The van der Waals surface area contributed by atoms with Crippen molar-refractivity contribution in [2.75, 3.05) is 10.6 Å². The van der Waals surface area contributed by atoms with E-state index in [0.29, 0.717) is 5.56 Å². The molecule has 32 heavy (non-hydrogen) atoms. The van der Waals surface area contributed by atoms with Crippen LogP contribution >= 0.6 is 0 Å². The van der Waals surface area contributed by atoms with Gasteiger partial charge in [0.15, 0.2) is 5.82 Å². The zero-order valence-corrected chi connectivity index (χ0v) is 16.1. The molecule has 0 aliphatic carbocycles. The maximum atomic E-state index is 12.6. The van der Waals surface area contributed by atoms with Crippen molar-refractivity contribution in [3.05, 3.63) is 81.3 Å². The minimum Gasteiger partial charge on any atom is -0.364 e. The number of primary amides is 1. The van der Waals surface area contributed by atoms with Crippen LogP contribution in [0.4, 0.5) is 35.2 Å². The molecule has 0 bridgehead atoms. The monoisotopic (exact) mass is 448 g/mol. The first-order valence-corrected chi connectivity index (χ1v) is 8.90. The summed E-state index contributed by atoms with van der Waals surface area (Å²) < 4.78 is 37.9. The molecule has 166 valence electrons. The van der Waals surface area contributed by atoms with Gasteiger partial charge >= 0.3 is 12.2 Å². The van der Waals surface area contributed by atoms with Gasteiger partial charge in [0, 0.05) is 24.2 Å². The van der Waals surface area contributed by atoms with Gasteiger partial charge < -0.3 is 16.0 Å². The summed E-state index contributed by atoms with van der Waals surface area (Å²) in [5, 5.41) is 15.4. The number of nitrogens with one attached hydrogen (secondary N) is 3. The molecule has 0 radical (unpaired) electrons. The maximum absolute atomic E-state index is 12.6. The number of nitrogens with two attached hydrogens (primary N) is 1. The molecule has 0 unspecified atom stereocenters. The first-order chi connectivity index (χ1) is 15.0. The van der Waals surface area contributed by atoms with E-state index in [1.807, 2.05) is 0 Å². The number of non-ortho nitro benzene ring substituents is 1. The van der Waals surface area contributed by atoms with E-state index >= 15 is 0 Å². The van der Waals surface area contributed by atoms with Crippen molar-refractivity contribution in [3.8, 4) is 0 Å². The van der Waals surface area contributed by atoms with Gasteiger partial charge in [0.25, 0.3) is 11.6 Å². The molecule has 0 spiro atoms. The first-order valence-electron chi connectivity index (χ1n) is 8.90. The Bertz CT molecular complexity index is 1160. The van der Waals surface area contributed by atoms with Crippen molar-refractivity contribution in [2.45, 2.75) is 12.6 Å². The Kier molecular flexibility index (Phi) is 6.09. The van der Waals surface area contributed by atoms with E-state index in [1.165, 1.54) is 24.3 Å². The minimum atomic E-state index is -4.51. The first kappa shape index (κ1) is 22.3. The molecular weight excluding hydrogens is 433 g/mol. The summed E-state index contributed by atoms with van der Waals surface area (Å²) in [5.41, 5.74) is 4.87. The summed E-state index contributed by atoms with van der Waals surface area (Å²) in [6, 6.07) is 8.53. The van der Waals surface area contributed by atoms with Crippen molar-refractivity contribution in [1.82, 2.24) is 9.97 Å². The molecule has 0 saturated carbocycles. The number of nitrogens with zero attached hydrogens (tertiary/aromatic N) is 2. The highest BCUT2D eigenvalue weighted by molar-refractivity contribution is 6.04. The number of anilines is 2. The van der Waals surface area contributed by atoms with Gasteiger partial charge in [-0.3, -0.25) is 20.2 Å². The normalized spacial score (nSPS) is 11.1. The van der Waals surface area contributed by atoms with Gasteiger partial charge in [-0.05, 0) is 29.8 Å². The standard InChI is InChI=1S/C19H15F3N6O4/c20-19(21,22)11-3-5-12(6-4-11)24-18(30)27-17-15(16(23)29)25-14(26-17)9-10-1-7-13(8-2-10)28(31)32/h1-8H,9H2,(H2,23,29)(H,25,26)(H2,24,27,30). The van der Waals surface area contributed by atoms with E-state index < -0.39 is 28.6 Å². The van der Waals surface area contributed by atoms with E-state index in [1.54, 1.807) is 0 Å². The van der Waals surface area contributed by atoms with Crippen LogP contribution in [-0.2, 0) is 12.6 Å². The number of benzene rings is 2. The van der Waals surface area contributed by atoms with Gasteiger partial charge in [0.2, 0.25) is 0 Å². The quantitative estimate of drug-likeness (QED) is 0.334. The van der Waals surface area contributed by atoms with Crippen molar-refractivity contribution in [3.63, 3.8) is 0 Å². The van der Waals surface area contributed by atoms with Gasteiger partial charge in [-0.25, -0.2) is 9.78 Å². The lowest BCUT2D eigenvalue weighted by Gasteiger charge is -2.09. The number of amides is 3. The maximum Gasteiger partial charge on any atom is 0.416 e. The molecule has 2 aromatic carbocycles. The van der Waals surface area contributed by atoms with Crippen molar-refractivity contribution in [1.29, 1.82) is 0 Å². The number of nitro benzene ring substituents is 1. The summed E-state index contributed by atoms with van der Waals surface area (Å²) in [6.45, 7) is 0. The Morgan fingerprint density at radius 1 is 1.06 bits per heavy atom. The molecule has 10 nitrogen and oxygen atoms in total. The lowest BCUT2D eigenvalue weighted by molar-refractivity contribution is -0.384. The molecule has 3 rings (SSSR count). The number of H-pyrrole nitrogens is 1. The highest BCUT2D eigenvalue weighted by Crippen LogP contribution is 2.29. The number of urea groups is 1. The van der Waals surface area contributed by atoms with Crippen LogP contribution in [0.15, 0.2) is 48.5 Å². The molecule has 0 aliphatic heterocycles. The molecular formula is C19H15F3N6O4. The van der Waals surface area contributed by atoms with Gasteiger partial charge in [-0.15, -0.1) is 0 Å². The third kappa shape index (κ3) is 5.38. The Morgan fingerprint density at radius 3 is 2.22 bits per heavy atom. The number of carbonyl (C=O) groups is 2. The van der Waals surface area contributed by atoms with Crippen LogP contribution < -0.4 is 16.4 Å². The van der Waals surface area contributed by atoms with Crippen LogP contribution in [0.1, 0.15) is 27.4 Å². The van der Waals surface area contributed by atoms with E-state index in [9.17, 15) is 32.9 Å². The Morgan fingerprint density at radius 2 is 1.69 bits per heavy atom. The lowest BCUT2D eigenvalue weighted by Crippen LogP contribution is -2.22. The molecule has 0 atom stereocenters. The molecule has 3 aromatic rings. The molecule has 1 aromatic heterocycles. The zero-order valence-electron chi connectivity index (χ0n) is 16.1. The molecule has 3 amide bonds. The number of alkyl halides is 3. The predicted molar refractivity (Wildman–Crippen MR) is 107 cm³/mol. The zero-order chi connectivity index (χ0) is 23.5. The van der Waals surface area contributed by atoms with Crippen molar-refractivity contribution < 1.29 is 27.7 Å². The number of hydrogen-bond donors (Lipinski definition) is 4. The van der Waals surface area contributed by atoms with E-state index in [4.69, 9.17) is 5.73 Å². The number of halogens is 3. The number of aromatic nitrogens is 2. The summed E-state index contributed by atoms with van der Waals surface area (Å²) >= 11 is 0. The second-order valence-corrected chi connectivity index (χ2v) is 6.53. The van der Waals surface area contributed by atoms with E-state index in [0.717, 1.165) is 24.3 Å². The average molecular weight is 448 g/mol. The van der Waals surface area contributed by atoms with Gasteiger partial charge in [0.1, 0.15) is 11.5 Å². The third-order valence-electron chi connectivity index (χ3n) is 4.22. The number of aromatic amines is 1. The second-order valence-electron chi connectivity index (χ2n) is 6.53. The van der Waals surface area contributed by atoms with Crippen molar-refractivity contribution >= 4 is 29.1 Å². The fraction of sp³-hybridized carbons (Fsp3) is 0.105. The van der Waals surface area contributed by atoms with E-state index in [-0.39, 0.29) is 35.1 Å². The molecule has 0 fully saturated rings. The Labute approximate surface area is 177 Å². The van der Waals surface area contributed by atoms with Gasteiger partial charge in [-0.1, -0.05) is 12.1 Å². The SMILES string of the molecule is NC(=O)c1[nH]c(Cc2ccc([N+](=O)[O-])cc2)nc1NC(=O)Nc1ccc(C(F)(F)F)cc1. The fourth-order valence-electron chi connectivity index (χ4n) is 2.72. The predicted octanol–water partition coefficient (Wildman–Crippen LogP) is 3.67. The number of imidazole rings is 1. The minimum absolute atomic E-state index is 0.0813. The molecule has 1 heterocycles. The van der Waals surface area contributed by atoms with E-state index in [2.05, 4.69) is 20.6 Å². The van der Waals surface area contributed by atoms with Crippen molar-refractivity contribution in [2.24, 2.45) is 5.73 Å². The fourth-order valence-corrected chi connectivity index (χ4v) is 2.72. The van der Waals surface area contributed by atoms with Crippen LogP contribution in [0.2, 0.25) is 0 Å². The third-order valence-corrected chi connectivity index (χ3v) is 4.22. The average Bonchev–Trinajstić information content (AvgIpc) is 3.10. The summed E-state index contributed by atoms with van der Waals surface area (Å²) in [4.78, 5) is 40.8.